The van der Waals surface area contributed by atoms with Gasteiger partial charge in [-0.05, 0) is 54.9 Å². The lowest BCUT2D eigenvalue weighted by molar-refractivity contribution is -0.0477. The van der Waals surface area contributed by atoms with Crippen LogP contribution in [0.3, 0.4) is 0 Å². The Labute approximate surface area is 185 Å². The van der Waals surface area contributed by atoms with E-state index >= 15 is 0 Å². The normalized spacial score (nSPS) is 21.6. The molecule has 166 valence electrons. The number of phenolic OH excluding ortho intramolecular Hbond substituents is 2. The SMILES string of the molecule is C/C=C\N(C)C1OC(COPOc2ccc(/C=C/c3cc(O)cc(O)c3)cc2)CC1C. The number of rotatable bonds is 9. The maximum absolute atomic E-state index is 9.54. The predicted octanol–water partition coefficient (Wildman–Crippen LogP) is 5.39. The maximum atomic E-state index is 9.54. The minimum absolute atomic E-state index is 0.0298. The molecule has 2 N–H and O–H groups in total. The highest BCUT2D eigenvalue weighted by atomic mass is 31.1. The van der Waals surface area contributed by atoms with E-state index in [2.05, 4.69) is 11.8 Å². The van der Waals surface area contributed by atoms with E-state index in [-0.39, 0.29) is 32.9 Å². The van der Waals surface area contributed by atoms with Gasteiger partial charge in [-0.1, -0.05) is 37.3 Å². The molecule has 4 atom stereocenters. The van der Waals surface area contributed by atoms with Crippen LogP contribution in [0.1, 0.15) is 31.4 Å². The Balaban J connectivity index is 1.41. The molecular formula is C24H30NO5P. The van der Waals surface area contributed by atoms with Crippen molar-refractivity contribution in [1.82, 2.24) is 4.90 Å². The van der Waals surface area contributed by atoms with E-state index in [1.807, 2.05) is 62.7 Å². The predicted molar refractivity (Wildman–Crippen MR) is 125 cm³/mol. The minimum atomic E-state index is -0.0934. The van der Waals surface area contributed by atoms with E-state index in [1.165, 1.54) is 6.07 Å². The number of phenols is 2. The first kappa shape index (κ1) is 23.1. The van der Waals surface area contributed by atoms with Gasteiger partial charge in [-0.15, -0.1) is 0 Å². The van der Waals surface area contributed by atoms with Gasteiger partial charge in [0.25, 0.3) is 0 Å². The third-order valence-electron chi connectivity index (χ3n) is 5.00. The summed E-state index contributed by atoms with van der Waals surface area (Å²) in [6.07, 6.45) is 8.89. The van der Waals surface area contributed by atoms with Gasteiger partial charge in [-0.25, -0.2) is 0 Å². The van der Waals surface area contributed by atoms with Gasteiger partial charge in [0.2, 0.25) is 9.03 Å². The number of aromatic hydroxyl groups is 2. The zero-order valence-electron chi connectivity index (χ0n) is 18.1. The summed E-state index contributed by atoms with van der Waals surface area (Å²) >= 11 is 0. The molecule has 6 nitrogen and oxygen atoms in total. The Morgan fingerprint density at radius 1 is 1.10 bits per heavy atom. The van der Waals surface area contributed by atoms with Crippen molar-refractivity contribution in [1.29, 1.82) is 0 Å². The minimum Gasteiger partial charge on any atom is -0.508 e. The first-order chi connectivity index (χ1) is 14.9. The van der Waals surface area contributed by atoms with Crippen LogP contribution in [0, 0.1) is 5.92 Å². The Bertz CT molecular complexity index is 879. The van der Waals surface area contributed by atoms with Crippen molar-refractivity contribution >= 4 is 21.2 Å². The molecule has 31 heavy (non-hydrogen) atoms. The van der Waals surface area contributed by atoms with Crippen LogP contribution in [0.4, 0.5) is 0 Å². The quantitative estimate of drug-likeness (QED) is 0.308. The summed E-state index contributed by atoms with van der Waals surface area (Å²) < 4.78 is 17.5. The van der Waals surface area contributed by atoms with E-state index in [4.69, 9.17) is 13.8 Å². The van der Waals surface area contributed by atoms with Gasteiger partial charge >= 0.3 is 0 Å². The number of hydrogen-bond donors (Lipinski definition) is 2. The lowest BCUT2D eigenvalue weighted by Gasteiger charge is -2.25. The molecule has 2 aromatic carbocycles. The molecule has 2 aromatic rings. The lowest BCUT2D eigenvalue weighted by Crippen LogP contribution is -2.31. The highest BCUT2D eigenvalue weighted by Gasteiger charge is 2.34. The second-order valence-corrected chi connectivity index (χ2v) is 8.35. The number of hydrogen-bond acceptors (Lipinski definition) is 6. The van der Waals surface area contributed by atoms with Gasteiger partial charge < -0.3 is 28.9 Å². The van der Waals surface area contributed by atoms with E-state index in [9.17, 15) is 10.2 Å². The van der Waals surface area contributed by atoms with Crippen LogP contribution in [0.15, 0.2) is 54.7 Å². The van der Waals surface area contributed by atoms with Crippen LogP contribution in [-0.4, -0.2) is 41.1 Å². The summed E-state index contributed by atoms with van der Waals surface area (Å²) in [5.74, 6) is 1.24. The highest BCUT2D eigenvalue weighted by molar-refractivity contribution is 7.26. The van der Waals surface area contributed by atoms with Crippen molar-refractivity contribution in [2.24, 2.45) is 5.92 Å². The molecule has 0 aliphatic carbocycles. The lowest BCUT2D eigenvalue weighted by atomic mass is 10.1. The van der Waals surface area contributed by atoms with Gasteiger partial charge in [0, 0.05) is 19.0 Å². The topological polar surface area (TPSA) is 71.4 Å². The van der Waals surface area contributed by atoms with Crippen LogP contribution in [0.5, 0.6) is 17.2 Å². The fraction of sp³-hybridized carbons (Fsp3) is 0.333. The molecule has 3 rings (SSSR count). The third kappa shape index (κ3) is 7.00. The van der Waals surface area contributed by atoms with Gasteiger partial charge in [0.05, 0.1) is 12.7 Å². The van der Waals surface area contributed by atoms with Gasteiger partial charge in [-0.3, -0.25) is 0 Å². The molecule has 1 aliphatic rings. The van der Waals surface area contributed by atoms with Crippen molar-refractivity contribution in [2.75, 3.05) is 13.7 Å². The van der Waals surface area contributed by atoms with Crippen molar-refractivity contribution in [3.8, 4) is 17.2 Å². The molecule has 1 fully saturated rings. The van der Waals surface area contributed by atoms with Gasteiger partial charge in [-0.2, -0.15) is 0 Å². The number of ether oxygens (including phenoxy) is 1. The summed E-state index contributed by atoms with van der Waals surface area (Å²) in [5, 5.41) is 19.1. The third-order valence-corrected chi connectivity index (χ3v) is 5.60. The molecule has 1 heterocycles. The second kappa shape index (κ2) is 11.2. The monoisotopic (exact) mass is 443 g/mol. The summed E-state index contributed by atoms with van der Waals surface area (Å²) in [6, 6.07) is 12.1. The summed E-state index contributed by atoms with van der Waals surface area (Å²) in [6.45, 7) is 4.71. The molecule has 0 spiro atoms. The van der Waals surface area contributed by atoms with Crippen molar-refractivity contribution in [3.63, 3.8) is 0 Å². The number of benzene rings is 2. The fourth-order valence-corrected chi connectivity index (χ4v) is 4.15. The van der Waals surface area contributed by atoms with Crippen molar-refractivity contribution < 1.29 is 24.0 Å². The van der Waals surface area contributed by atoms with E-state index in [0.717, 1.165) is 23.3 Å². The van der Waals surface area contributed by atoms with E-state index in [1.54, 1.807) is 12.1 Å². The molecule has 4 unspecified atom stereocenters. The molecule has 0 bridgehead atoms. The van der Waals surface area contributed by atoms with Crippen LogP contribution >= 0.6 is 9.03 Å². The largest absolute Gasteiger partial charge is 0.508 e. The van der Waals surface area contributed by atoms with Gasteiger partial charge in [0.1, 0.15) is 23.5 Å². The molecule has 1 aliphatic heterocycles. The molecule has 1 saturated heterocycles. The Morgan fingerprint density at radius 2 is 1.77 bits per heavy atom. The van der Waals surface area contributed by atoms with Crippen molar-refractivity contribution in [2.45, 2.75) is 32.6 Å². The first-order valence-electron chi connectivity index (χ1n) is 10.3. The summed E-state index contributed by atoms with van der Waals surface area (Å²) in [7, 11) is 1.94. The van der Waals surface area contributed by atoms with Crippen molar-refractivity contribution in [3.05, 3.63) is 65.9 Å². The Kier molecular flexibility index (Phi) is 8.35. The standard InChI is InChI=1S/C24H30NO5P/c1-4-11-25(3)24-17(2)12-23(29-24)16-28-31-30-22-9-7-18(8-10-22)5-6-19-13-20(26)15-21(27)14-19/h4-11,13-15,17,23-24,26-27,31H,12,16H2,1-3H3/b6-5+,11-4-. The van der Waals surface area contributed by atoms with Crippen LogP contribution in [0.25, 0.3) is 12.2 Å². The first-order valence-corrected chi connectivity index (χ1v) is 11.1. The Morgan fingerprint density at radius 3 is 2.45 bits per heavy atom. The number of allylic oxidation sites excluding steroid dienone is 1. The van der Waals surface area contributed by atoms with E-state index < -0.39 is 0 Å². The molecule has 7 heteroatoms. The number of nitrogens with zero attached hydrogens (tertiary/aromatic N) is 1. The fourth-order valence-electron chi connectivity index (χ4n) is 3.60. The average molecular weight is 443 g/mol. The highest BCUT2D eigenvalue weighted by Crippen LogP contribution is 2.30. The molecule has 0 radical (unpaired) electrons. The van der Waals surface area contributed by atoms with Gasteiger partial charge in [0.15, 0.2) is 0 Å². The molecular weight excluding hydrogens is 413 g/mol. The summed E-state index contributed by atoms with van der Waals surface area (Å²) in [4.78, 5) is 2.10. The van der Waals surface area contributed by atoms with E-state index in [0.29, 0.717) is 12.5 Å². The Hall–Kier alpha value is -2.53. The molecule has 0 amide bonds. The second-order valence-electron chi connectivity index (χ2n) is 7.69. The summed E-state index contributed by atoms with van der Waals surface area (Å²) in [5.41, 5.74) is 1.69. The van der Waals surface area contributed by atoms with Crippen LogP contribution in [0.2, 0.25) is 0 Å². The van der Waals surface area contributed by atoms with Crippen LogP contribution in [-0.2, 0) is 9.26 Å². The molecule has 0 aromatic heterocycles. The average Bonchev–Trinajstić information content (AvgIpc) is 3.10. The maximum Gasteiger partial charge on any atom is 0.215 e. The smallest absolute Gasteiger partial charge is 0.215 e. The molecule has 0 saturated carbocycles. The van der Waals surface area contributed by atoms with Crippen LogP contribution < -0.4 is 4.52 Å². The zero-order chi connectivity index (χ0) is 22.2. The zero-order valence-corrected chi connectivity index (χ0v) is 19.1.